The Morgan fingerprint density at radius 3 is 2.18 bits per heavy atom. The standard InChI is InChI=1S/C22H19N3O2S/c1-16-7-13-20(14-8-16)28(26,27)15-17-9-11-19(12-10-17)22-23-21(24-25-22)18-5-3-2-4-6-18/h2-14H,15H2,1H3,(H,23,24,25). The first kappa shape index (κ1) is 18.1. The number of aromatic nitrogens is 3. The Morgan fingerprint density at radius 1 is 0.821 bits per heavy atom. The van der Waals surface area contributed by atoms with Crippen molar-refractivity contribution in [2.75, 3.05) is 0 Å². The van der Waals surface area contributed by atoms with Crippen molar-refractivity contribution in [1.29, 1.82) is 0 Å². The third-order valence-corrected chi connectivity index (χ3v) is 6.19. The monoisotopic (exact) mass is 389 g/mol. The number of rotatable bonds is 5. The van der Waals surface area contributed by atoms with E-state index < -0.39 is 9.84 Å². The average molecular weight is 389 g/mol. The van der Waals surface area contributed by atoms with E-state index in [4.69, 9.17) is 0 Å². The molecule has 3 aromatic carbocycles. The molecule has 0 unspecified atom stereocenters. The predicted molar refractivity (Wildman–Crippen MR) is 109 cm³/mol. The van der Waals surface area contributed by atoms with Crippen molar-refractivity contribution in [3.8, 4) is 22.8 Å². The third-order valence-electron chi connectivity index (χ3n) is 4.48. The Hall–Kier alpha value is -3.25. The summed E-state index contributed by atoms with van der Waals surface area (Å²) in [7, 11) is -3.38. The first-order chi connectivity index (χ1) is 13.5. The third kappa shape index (κ3) is 3.87. The molecule has 6 heteroatoms. The van der Waals surface area contributed by atoms with E-state index in [1.54, 1.807) is 12.1 Å². The zero-order valence-corrected chi connectivity index (χ0v) is 16.1. The molecule has 1 heterocycles. The molecule has 1 aromatic heterocycles. The molecular weight excluding hydrogens is 370 g/mol. The van der Waals surface area contributed by atoms with Gasteiger partial charge in [0.2, 0.25) is 0 Å². The summed E-state index contributed by atoms with van der Waals surface area (Å²) in [5.74, 6) is 1.23. The van der Waals surface area contributed by atoms with Gasteiger partial charge in [0, 0.05) is 11.1 Å². The van der Waals surface area contributed by atoms with Crippen LogP contribution in [-0.2, 0) is 15.6 Å². The van der Waals surface area contributed by atoms with Crippen molar-refractivity contribution in [3.63, 3.8) is 0 Å². The minimum Gasteiger partial charge on any atom is -0.259 e. The lowest BCUT2D eigenvalue weighted by Crippen LogP contribution is -2.04. The van der Waals surface area contributed by atoms with Gasteiger partial charge < -0.3 is 0 Å². The van der Waals surface area contributed by atoms with E-state index in [0.29, 0.717) is 16.5 Å². The number of aryl methyl sites for hydroxylation is 1. The molecule has 5 nitrogen and oxygen atoms in total. The molecule has 0 aliphatic rings. The number of hydrogen-bond donors (Lipinski definition) is 1. The summed E-state index contributed by atoms with van der Waals surface area (Å²) in [6, 6.07) is 24.0. The molecule has 0 saturated heterocycles. The zero-order valence-electron chi connectivity index (χ0n) is 15.3. The lowest BCUT2D eigenvalue weighted by molar-refractivity contribution is 0.595. The molecule has 0 aliphatic heterocycles. The fraction of sp³-hybridized carbons (Fsp3) is 0.0909. The first-order valence-electron chi connectivity index (χ1n) is 8.88. The second-order valence-corrected chi connectivity index (χ2v) is 8.63. The molecule has 0 aliphatic carbocycles. The van der Waals surface area contributed by atoms with Crippen LogP contribution in [0.1, 0.15) is 11.1 Å². The Kier molecular flexibility index (Phi) is 4.79. The highest BCUT2D eigenvalue weighted by atomic mass is 32.2. The van der Waals surface area contributed by atoms with Crippen LogP contribution in [0.15, 0.2) is 83.8 Å². The number of nitrogens with one attached hydrogen (secondary N) is 1. The largest absolute Gasteiger partial charge is 0.259 e. The Balaban J connectivity index is 1.53. The summed E-state index contributed by atoms with van der Waals surface area (Å²) in [6.45, 7) is 1.93. The molecule has 140 valence electrons. The number of nitrogens with zero attached hydrogens (tertiary/aromatic N) is 2. The molecule has 4 rings (SSSR count). The van der Waals surface area contributed by atoms with E-state index in [0.717, 1.165) is 22.3 Å². The van der Waals surface area contributed by atoms with Gasteiger partial charge >= 0.3 is 0 Å². The quantitative estimate of drug-likeness (QED) is 0.548. The number of hydrogen-bond acceptors (Lipinski definition) is 4. The lowest BCUT2D eigenvalue weighted by Gasteiger charge is -2.06. The summed E-state index contributed by atoms with van der Waals surface area (Å²) < 4.78 is 25.2. The second-order valence-electron chi connectivity index (χ2n) is 6.64. The van der Waals surface area contributed by atoms with Gasteiger partial charge in [0.1, 0.15) is 0 Å². The van der Waals surface area contributed by atoms with Crippen molar-refractivity contribution < 1.29 is 8.42 Å². The van der Waals surface area contributed by atoms with Crippen LogP contribution >= 0.6 is 0 Å². The fourth-order valence-electron chi connectivity index (χ4n) is 2.91. The van der Waals surface area contributed by atoms with Crippen molar-refractivity contribution in [3.05, 3.63) is 90.0 Å². The van der Waals surface area contributed by atoms with Gasteiger partial charge in [0.15, 0.2) is 21.5 Å². The van der Waals surface area contributed by atoms with E-state index in [2.05, 4.69) is 15.2 Å². The molecule has 0 saturated carbocycles. The topological polar surface area (TPSA) is 75.7 Å². The summed E-state index contributed by atoms with van der Waals surface area (Å²) in [5, 5.41) is 7.20. The fourth-order valence-corrected chi connectivity index (χ4v) is 4.26. The van der Waals surface area contributed by atoms with E-state index in [1.165, 1.54) is 0 Å². The maximum Gasteiger partial charge on any atom is 0.182 e. The van der Waals surface area contributed by atoms with E-state index in [-0.39, 0.29) is 5.75 Å². The highest BCUT2D eigenvalue weighted by Gasteiger charge is 2.15. The Labute approximate surface area is 164 Å². The van der Waals surface area contributed by atoms with Gasteiger partial charge in [-0.2, -0.15) is 5.10 Å². The van der Waals surface area contributed by atoms with Crippen molar-refractivity contribution in [2.24, 2.45) is 0 Å². The minimum absolute atomic E-state index is 0.0397. The summed E-state index contributed by atoms with van der Waals surface area (Å²) in [5.41, 5.74) is 3.55. The summed E-state index contributed by atoms with van der Waals surface area (Å²) >= 11 is 0. The van der Waals surface area contributed by atoms with Crippen LogP contribution in [0, 0.1) is 6.92 Å². The van der Waals surface area contributed by atoms with Gasteiger partial charge in [-0.3, -0.25) is 5.10 Å². The molecule has 0 amide bonds. The van der Waals surface area contributed by atoms with Crippen molar-refractivity contribution >= 4 is 9.84 Å². The van der Waals surface area contributed by atoms with Gasteiger partial charge in [0.05, 0.1) is 10.6 Å². The van der Waals surface area contributed by atoms with E-state index >= 15 is 0 Å². The highest BCUT2D eigenvalue weighted by molar-refractivity contribution is 7.90. The van der Waals surface area contributed by atoms with Crippen LogP contribution in [0.2, 0.25) is 0 Å². The number of benzene rings is 3. The van der Waals surface area contributed by atoms with Crippen LogP contribution in [0.25, 0.3) is 22.8 Å². The van der Waals surface area contributed by atoms with Gasteiger partial charge in [-0.15, -0.1) is 0 Å². The van der Waals surface area contributed by atoms with Crippen LogP contribution in [-0.4, -0.2) is 23.6 Å². The highest BCUT2D eigenvalue weighted by Crippen LogP contribution is 2.22. The van der Waals surface area contributed by atoms with Gasteiger partial charge in [0.25, 0.3) is 0 Å². The van der Waals surface area contributed by atoms with Crippen LogP contribution in [0.5, 0.6) is 0 Å². The summed E-state index contributed by atoms with van der Waals surface area (Å²) in [6.07, 6.45) is 0. The van der Waals surface area contributed by atoms with Crippen LogP contribution < -0.4 is 0 Å². The SMILES string of the molecule is Cc1ccc(S(=O)(=O)Cc2ccc(-c3nc(-c4ccccc4)n[nH]3)cc2)cc1. The second kappa shape index (κ2) is 7.40. The normalized spacial score (nSPS) is 11.5. The molecule has 28 heavy (non-hydrogen) atoms. The number of aromatic amines is 1. The maximum atomic E-state index is 12.6. The van der Waals surface area contributed by atoms with Crippen molar-refractivity contribution in [2.45, 2.75) is 17.6 Å². The maximum absolute atomic E-state index is 12.6. The minimum atomic E-state index is -3.38. The van der Waals surface area contributed by atoms with Gasteiger partial charge in [-0.25, -0.2) is 13.4 Å². The zero-order chi connectivity index (χ0) is 19.6. The van der Waals surface area contributed by atoms with Crippen LogP contribution in [0.4, 0.5) is 0 Å². The van der Waals surface area contributed by atoms with E-state index in [9.17, 15) is 8.42 Å². The molecule has 4 aromatic rings. The number of sulfone groups is 1. The Bertz CT molecular complexity index is 1180. The number of H-pyrrole nitrogens is 1. The summed E-state index contributed by atoms with van der Waals surface area (Å²) in [4.78, 5) is 4.86. The average Bonchev–Trinajstić information content (AvgIpc) is 3.19. The van der Waals surface area contributed by atoms with E-state index in [1.807, 2.05) is 73.7 Å². The molecule has 0 fully saturated rings. The molecule has 0 spiro atoms. The molecule has 0 bridgehead atoms. The van der Waals surface area contributed by atoms with Crippen LogP contribution in [0.3, 0.4) is 0 Å². The Morgan fingerprint density at radius 2 is 1.50 bits per heavy atom. The van der Waals surface area contributed by atoms with Crippen molar-refractivity contribution in [1.82, 2.24) is 15.2 Å². The smallest absolute Gasteiger partial charge is 0.182 e. The van der Waals surface area contributed by atoms with Gasteiger partial charge in [-0.05, 0) is 24.6 Å². The lowest BCUT2D eigenvalue weighted by atomic mass is 10.1. The molecule has 1 N–H and O–H groups in total. The molecule has 0 atom stereocenters. The predicted octanol–water partition coefficient (Wildman–Crippen LogP) is 4.42. The molecule has 0 radical (unpaired) electrons. The molecular formula is C22H19N3O2S. The van der Waals surface area contributed by atoms with Gasteiger partial charge in [-0.1, -0.05) is 72.3 Å². The first-order valence-corrected chi connectivity index (χ1v) is 10.5.